The molecule has 16 heavy (non-hydrogen) atoms. The van der Waals surface area contributed by atoms with Gasteiger partial charge in [0.2, 0.25) is 5.91 Å². The Bertz CT molecular complexity index is 208. The lowest BCUT2D eigenvalue weighted by Crippen LogP contribution is -2.44. The molecule has 0 bridgehead atoms. The van der Waals surface area contributed by atoms with Crippen molar-refractivity contribution in [2.45, 2.75) is 51.6 Å². The second-order valence-corrected chi connectivity index (χ2v) is 4.64. The van der Waals surface area contributed by atoms with Crippen LogP contribution in [0.3, 0.4) is 0 Å². The maximum absolute atomic E-state index is 11.7. The largest absolute Gasteiger partial charge is 0.352 e. The highest BCUT2D eigenvalue weighted by Crippen LogP contribution is 2.16. The van der Waals surface area contributed by atoms with Crippen LogP contribution in [0.15, 0.2) is 0 Å². The Morgan fingerprint density at radius 3 is 2.31 bits per heavy atom. The number of rotatable bonds is 5. The molecule has 1 rings (SSSR count). The number of hydrogen-bond acceptors (Lipinski definition) is 3. The Hall–Kier alpha value is -0.610. The van der Waals surface area contributed by atoms with Gasteiger partial charge in [-0.1, -0.05) is 13.8 Å². The standard InChI is InChI=1S/C12H25N3O/c1-3-15(4-2)9-12(16)14-11-7-5-10(13)6-8-11/h10-11H,3-9,13H2,1-2H3,(H,14,16). The summed E-state index contributed by atoms with van der Waals surface area (Å²) in [6.45, 7) is 6.54. The minimum atomic E-state index is 0.157. The Morgan fingerprint density at radius 2 is 1.81 bits per heavy atom. The summed E-state index contributed by atoms with van der Waals surface area (Å²) in [4.78, 5) is 13.9. The number of nitrogens with one attached hydrogen (secondary N) is 1. The molecule has 3 N–H and O–H groups in total. The molecule has 1 fully saturated rings. The summed E-state index contributed by atoms with van der Waals surface area (Å²) in [6, 6.07) is 0.693. The van der Waals surface area contributed by atoms with Crippen LogP contribution in [-0.4, -0.2) is 42.5 Å². The maximum Gasteiger partial charge on any atom is 0.234 e. The van der Waals surface area contributed by atoms with Crippen LogP contribution in [0.4, 0.5) is 0 Å². The van der Waals surface area contributed by atoms with Crippen molar-refractivity contribution >= 4 is 5.91 Å². The van der Waals surface area contributed by atoms with Crippen molar-refractivity contribution in [2.24, 2.45) is 5.73 Å². The second kappa shape index (κ2) is 6.86. The topological polar surface area (TPSA) is 58.4 Å². The van der Waals surface area contributed by atoms with Crippen LogP contribution in [0.5, 0.6) is 0 Å². The average Bonchev–Trinajstić information content (AvgIpc) is 2.29. The van der Waals surface area contributed by atoms with E-state index >= 15 is 0 Å². The number of carbonyl (C=O) groups excluding carboxylic acids is 1. The smallest absolute Gasteiger partial charge is 0.234 e. The molecule has 0 saturated heterocycles. The number of nitrogens with two attached hydrogens (primary N) is 1. The maximum atomic E-state index is 11.7. The van der Waals surface area contributed by atoms with Gasteiger partial charge in [0.15, 0.2) is 0 Å². The summed E-state index contributed by atoms with van der Waals surface area (Å²) in [5.41, 5.74) is 5.83. The molecule has 1 aliphatic rings. The molecule has 1 amide bonds. The molecule has 0 aromatic heterocycles. The highest BCUT2D eigenvalue weighted by molar-refractivity contribution is 5.78. The fraction of sp³-hybridized carbons (Fsp3) is 0.917. The van der Waals surface area contributed by atoms with E-state index in [2.05, 4.69) is 24.1 Å². The zero-order valence-corrected chi connectivity index (χ0v) is 10.5. The zero-order chi connectivity index (χ0) is 12.0. The molecule has 0 heterocycles. The highest BCUT2D eigenvalue weighted by atomic mass is 16.2. The molecule has 0 aliphatic heterocycles. The molecule has 0 spiro atoms. The van der Waals surface area contributed by atoms with Crippen LogP contribution in [0.1, 0.15) is 39.5 Å². The number of hydrogen-bond donors (Lipinski definition) is 2. The van der Waals surface area contributed by atoms with Crippen LogP contribution in [0.25, 0.3) is 0 Å². The lowest BCUT2D eigenvalue weighted by atomic mass is 9.92. The first-order valence-electron chi connectivity index (χ1n) is 6.43. The van der Waals surface area contributed by atoms with Gasteiger partial charge in [0.25, 0.3) is 0 Å². The van der Waals surface area contributed by atoms with E-state index in [1.54, 1.807) is 0 Å². The molecule has 0 aromatic rings. The van der Waals surface area contributed by atoms with Gasteiger partial charge in [-0.25, -0.2) is 0 Å². The van der Waals surface area contributed by atoms with Gasteiger partial charge in [0, 0.05) is 12.1 Å². The normalized spacial score (nSPS) is 25.8. The molecule has 4 heteroatoms. The van der Waals surface area contributed by atoms with Gasteiger partial charge >= 0.3 is 0 Å². The molecule has 0 atom stereocenters. The first-order chi connectivity index (χ1) is 7.65. The van der Waals surface area contributed by atoms with E-state index in [1.165, 1.54) is 0 Å². The van der Waals surface area contributed by atoms with Gasteiger partial charge in [0.1, 0.15) is 0 Å². The first-order valence-corrected chi connectivity index (χ1v) is 6.43. The van der Waals surface area contributed by atoms with E-state index in [4.69, 9.17) is 5.73 Å². The van der Waals surface area contributed by atoms with Crippen LogP contribution in [0, 0.1) is 0 Å². The second-order valence-electron chi connectivity index (χ2n) is 4.64. The minimum Gasteiger partial charge on any atom is -0.352 e. The molecular formula is C12H25N3O. The minimum absolute atomic E-state index is 0.157. The molecule has 1 aliphatic carbocycles. The van der Waals surface area contributed by atoms with E-state index in [1.807, 2.05) is 0 Å². The van der Waals surface area contributed by atoms with Crippen molar-refractivity contribution in [1.29, 1.82) is 0 Å². The van der Waals surface area contributed by atoms with Crippen LogP contribution in [0.2, 0.25) is 0 Å². The van der Waals surface area contributed by atoms with Gasteiger partial charge in [-0.2, -0.15) is 0 Å². The highest BCUT2D eigenvalue weighted by Gasteiger charge is 2.20. The lowest BCUT2D eigenvalue weighted by Gasteiger charge is -2.27. The van der Waals surface area contributed by atoms with E-state index in [0.717, 1.165) is 38.8 Å². The Morgan fingerprint density at radius 1 is 1.25 bits per heavy atom. The number of amides is 1. The predicted octanol–water partition coefficient (Wildman–Crippen LogP) is 0.714. The summed E-state index contributed by atoms with van der Waals surface area (Å²) in [7, 11) is 0. The molecule has 1 saturated carbocycles. The molecule has 0 aromatic carbocycles. The summed E-state index contributed by atoms with van der Waals surface area (Å²) < 4.78 is 0. The lowest BCUT2D eigenvalue weighted by molar-refractivity contribution is -0.123. The monoisotopic (exact) mass is 227 g/mol. The predicted molar refractivity (Wildman–Crippen MR) is 66.2 cm³/mol. The van der Waals surface area contributed by atoms with Gasteiger partial charge in [-0.3, -0.25) is 9.69 Å². The molecule has 0 radical (unpaired) electrons. The van der Waals surface area contributed by atoms with E-state index in [9.17, 15) is 4.79 Å². The quantitative estimate of drug-likeness (QED) is 0.727. The third-order valence-electron chi connectivity index (χ3n) is 3.40. The van der Waals surface area contributed by atoms with Crippen LogP contribution in [-0.2, 0) is 4.79 Å². The molecule has 0 unspecified atom stereocenters. The van der Waals surface area contributed by atoms with Crippen LogP contribution >= 0.6 is 0 Å². The summed E-state index contributed by atoms with van der Waals surface area (Å²) in [5.74, 6) is 0.157. The Kier molecular flexibility index (Phi) is 5.77. The van der Waals surface area contributed by atoms with Gasteiger partial charge < -0.3 is 11.1 Å². The van der Waals surface area contributed by atoms with Crippen molar-refractivity contribution in [3.8, 4) is 0 Å². The first kappa shape index (κ1) is 13.5. The SMILES string of the molecule is CCN(CC)CC(=O)NC1CCC(N)CC1. The van der Waals surface area contributed by atoms with E-state index in [0.29, 0.717) is 18.6 Å². The van der Waals surface area contributed by atoms with Crippen molar-refractivity contribution in [3.63, 3.8) is 0 Å². The van der Waals surface area contributed by atoms with Crippen molar-refractivity contribution < 1.29 is 4.79 Å². The molecule has 94 valence electrons. The third-order valence-corrected chi connectivity index (χ3v) is 3.40. The zero-order valence-electron chi connectivity index (χ0n) is 10.5. The third kappa shape index (κ3) is 4.49. The van der Waals surface area contributed by atoms with Gasteiger partial charge in [-0.15, -0.1) is 0 Å². The van der Waals surface area contributed by atoms with Crippen molar-refractivity contribution in [2.75, 3.05) is 19.6 Å². The van der Waals surface area contributed by atoms with Crippen molar-refractivity contribution in [1.82, 2.24) is 10.2 Å². The van der Waals surface area contributed by atoms with Gasteiger partial charge in [0.05, 0.1) is 6.54 Å². The number of carbonyl (C=O) groups is 1. The summed E-state index contributed by atoms with van der Waals surface area (Å²) >= 11 is 0. The average molecular weight is 227 g/mol. The summed E-state index contributed by atoms with van der Waals surface area (Å²) in [5, 5.41) is 3.10. The van der Waals surface area contributed by atoms with Crippen molar-refractivity contribution in [3.05, 3.63) is 0 Å². The van der Waals surface area contributed by atoms with E-state index in [-0.39, 0.29) is 5.91 Å². The van der Waals surface area contributed by atoms with Crippen LogP contribution < -0.4 is 11.1 Å². The van der Waals surface area contributed by atoms with Gasteiger partial charge in [-0.05, 0) is 38.8 Å². The fourth-order valence-corrected chi connectivity index (χ4v) is 2.19. The number of nitrogens with zero attached hydrogens (tertiary/aromatic N) is 1. The van der Waals surface area contributed by atoms with E-state index < -0.39 is 0 Å². The Labute approximate surface area is 98.6 Å². The molecular weight excluding hydrogens is 202 g/mol. The molecule has 4 nitrogen and oxygen atoms in total. The Balaban J connectivity index is 2.23. The fourth-order valence-electron chi connectivity index (χ4n) is 2.19. The number of likely N-dealkylation sites (N-methyl/N-ethyl adjacent to an activating group) is 1. The summed E-state index contributed by atoms with van der Waals surface area (Å²) in [6.07, 6.45) is 4.14.